The molecule has 0 aromatic heterocycles. The Kier molecular flexibility index (Phi) is 8.54. The van der Waals surface area contributed by atoms with E-state index in [1.807, 2.05) is 0 Å². The molecule has 27 heavy (non-hydrogen) atoms. The summed E-state index contributed by atoms with van der Waals surface area (Å²) >= 11 is 0. The minimum atomic E-state index is -3.72. The van der Waals surface area contributed by atoms with Gasteiger partial charge in [0.05, 0.1) is 24.7 Å². The van der Waals surface area contributed by atoms with Crippen molar-refractivity contribution in [1.29, 1.82) is 0 Å². The van der Waals surface area contributed by atoms with Crippen LogP contribution in [-0.4, -0.2) is 81.4 Å². The van der Waals surface area contributed by atoms with Crippen molar-refractivity contribution in [3.63, 3.8) is 0 Å². The summed E-state index contributed by atoms with van der Waals surface area (Å²) < 4.78 is 38.3. The second-order valence-corrected chi connectivity index (χ2v) is 8.18. The average Bonchev–Trinajstić information content (AvgIpc) is 2.69. The molecule has 1 aliphatic rings. The van der Waals surface area contributed by atoms with Crippen LogP contribution < -0.4 is 4.74 Å². The lowest BCUT2D eigenvalue weighted by atomic mass is 10.3. The molecule has 1 saturated heterocycles. The number of hydrogen-bond donors (Lipinski definition) is 1. The standard InChI is InChI=1S/C19H28N2O5S/c1-3-4-13-26-18-5-7-19(8-6-18)27(23,24)21(17(2)16-22)10-9-20-11-14-25-15-12-20/h5-8,17,22H,9-16H2,1-2H3/t17-/m1/s1. The summed E-state index contributed by atoms with van der Waals surface area (Å²) in [5.74, 6) is 6.09. The summed E-state index contributed by atoms with van der Waals surface area (Å²) in [5.41, 5.74) is 0. The summed E-state index contributed by atoms with van der Waals surface area (Å²) in [6.45, 7) is 7.26. The minimum Gasteiger partial charge on any atom is -0.481 e. The van der Waals surface area contributed by atoms with Crippen molar-refractivity contribution in [2.24, 2.45) is 0 Å². The van der Waals surface area contributed by atoms with Gasteiger partial charge in [0.2, 0.25) is 10.0 Å². The number of ether oxygens (including phenoxy) is 2. The molecule has 1 aromatic rings. The van der Waals surface area contributed by atoms with E-state index in [-0.39, 0.29) is 18.1 Å². The minimum absolute atomic E-state index is 0.179. The smallest absolute Gasteiger partial charge is 0.243 e. The number of rotatable bonds is 9. The summed E-state index contributed by atoms with van der Waals surface area (Å²) in [6, 6.07) is 5.78. The van der Waals surface area contributed by atoms with Gasteiger partial charge in [0.1, 0.15) is 12.4 Å². The van der Waals surface area contributed by atoms with Gasteiger partial charge in [-0.15, -0.1) is 5.92 Å². The van der Waals surface area contributed by atoms with Gasteiger partial charge in [-0.25, -0.2) is 8.42 Å². The Bertz CT molecular complexity index is 734. The van der Waals surface area contributed by atoms with Gasteiger partial charge >= 0.3 is 0 Å². The lowest BCUT2D eigenvalue weighted by Gasteiger charge is -2.32. The van der Waals surface area contributed by atoms with Crippen LogP contribution >= 0.6 is 0 Å². The molecule has 1 aromatic carbocycles. The molecule has 1 atom stereocenters. The Morgan fingerprint density at radius 3 is 2.56 bits per heavy atom. The Hall–Kier alpha value is -1.63. The number of benzene rings is 1. The molecule has 1 aliphatic heterocycles. The van der Waals surface area contributed by atoms with E-state index in [4.69, 9.17) is 9.47 Å². The number of nitrogens with zero attached hydrogens (tertiary/aromatic N) is 2. The second-order valence-electron chi connectivity index (χ2n) is 6.29. The maximum Gasteiger partial charge on any atom is 0.243 e. The van der Waals surface area contributed by atoms with E-state index in [9.17, 15) is 13.5 Å². The van der Waals surface area contributed by atoms with Gasteiger partial charge in [-0.1, -0.05) is 5.92 Å². The molecule has 1 heterocycles. The quantitative estimate of drug-likeness (QED) is 0.622. The van der Waals surface area contributed by atoms with Gasteiger partial charge in [-0.3, -0.25) is 4.90 Å². The zero-order valence-corrected chi connectivity index (χ0v) is 16.7. The molecule has 150 valence electrons. The van der Waals surface area contributed by atoms with Crippen molar-refractivity contribution in [2.75, 3.05) is 52.6 Å². The first-order valence-electron chi connectivity index (χ1n) is 9.04. The maximum absolute atomic E-state index is 13.1. The third-order valence-electron chi connectivity index (χ3n) is 4.41. The number of aliphatic hydroxyl groups excluding tert-OH is 1. The van der Waals surface area contributed by atoms with Gasteiger partial charge in [0, 0.05) is 32.2 Å². The first-order valence-corrected chi connectivity index (χ1v) is 10.5. The highest BCUT2D eigenvalue weighted by molar-refractivity contribution is 7.89. The van der Waals surface area contributed by atoms with Crippen LogP contribution in [0.5, 0.6) is 5.75 Å². The molecule has 0 spiro atoms. The van der Waals surface area contributed by atoms with E-state index in [1.54, 1.807) is 26.0 Å². The summed E-state index contributed by atoms with van der Waals surface area (Å²) in [7, 11) is -3.72. The Morgan fingerprint density at radius 1 is 1.30 bits per heavy atom. The highest BCUT2D eigenvalue weighted by Crippen LogP contribution is 2.21. The van der Waals surface area contributed by atoms with Crippen LogP contribution in [0.2, 0.25) is 0 Å². The highest BCUT2D eigenvalue weighted by atomic mass is 32.2. The van der Waals surface area contributed by atoms with Crippen molar-refractivity contribution in [3.05, 3.63) is 24.3 Å². The summed E-state index contributed by atoms with van der Waals surface area (Å²) in [6.07, 6.45) is 0. The molecule has 2 rings (SSSR count). The van der Waals surface area contributed by atoms with Crippen LogP contribution in [0.15, 0.2) is 29.2 Å². The van der Waals surface area contributed by atoms with Crippen LogP contribution in [0.1, 0.15) is 13.8 Å². The Morgan fingerprint density at radius 2 is 1.96 bits per heavy atom. The lowest BCUT2D eigenvalue weighted by molar-refractivity contribution is 0.0346. The fraction of sp³-hybridized carbons (Fsp3) is 0.579. The van der Waals surface area contributed by atoms with Gasteiger partial charge in [-0.05, 0) is 38.1 Å². The fourth-order valence-electron chi connectivity index (χ4n) is 2.77. The van der Waals surface area contributed by atoms with E-state index in [1.165, 1.54) is 16.4 Å². The lowest BCUT2D eigenvalue weighted by Crippen LogP contribution is -2.47. The van der Waals surface area contributed by atoms with E-state index >= 15 is 0 Å². The molecule has 0 saturated carbocycles. The molecule has 1 N–H and O–H groups in total. The first-order chi connectivity index (χ1) is 13.0. The second kappa shape index (κ2) is 10.6. The SMILES string of the molecule is CC#CCOc1ccc(S(=O)(=O)N(CCN2CCOCC2)[C@H](C)CO)cc1. The molecule has 0 aliphatic carbocycles. The predicted molar refractivity (Wildman–Crippen MR) is 103 cm³/mol. The zero-order valence-electron chi connectivity index (χ0n) is 15.9. The zero-order chi connectivity index (χ0) is 19.7. The summed E-state index contributed by atoms with van der Waals surface area (Å²) in [5, 5.41) is 9.54. The first kappa shape index (κ1) is 21.7. The molecule has 0 amide bonds. The molecule has 1 fully saturated rings. The van der Waals surface area contributed by atoms with Gasteiger partial charge in [-0.2, -0.15) is 4.31 Å². The number of aliphatic hydroxyl groups is 1. The number of sulfonamides is 1. The van der Waals surface area contributed by atoms with Crippen LogP contribution in [0.4, 0.5) is 0 Å². The fourth-order valence-corrected chi connectivity index (χ4v) is 4.38. The van der Waals surface area contributed by atoms with Gasteiger partial charge < -0.3 is 14.6 Å². The normalized spacial score (nSPS) is 16.6. The predicted octanol–water partition coefficient (Wildman–Crippen LogP) is 0.792. The molecule has 0 radical (unpaired) electrons. The van der Waals surface area contributed by atoms with Crippen molar-refractivity contribution in [2.45, 2.75) is 24.8 Å². The highest BCUT2D eigenvalue weighted by Gasteiger charge is 2.29. The third kappa shape index (κ3) is 6.19. The number of hydrogen-bond acceptors (Lipinski definition) is 6. The van der Waals surface area contributed by atoms with Crippen molar-refractivity contribution in [3.8, 4) is 17.6 Å². The molecule has 8 heteroatoms. The Balaban J connectivity index is 2.10. The van der Waals surface area contributed by atoms with E-state index < -0.39 is 16.1 Å². The topological polar surface area (TPSA) is 79.3 Å². The molecular weight excluding hydrogens is 368 g/mol. The average molecular weight is 397 g/mol. The third-order valence-corrected chi connectivity index (χ3v) is 6.44. The molecule has 7 nitrogen and oxygen atoms in total. The van der Waals surface area contributed by atoms with E-state index in [2.05, 4.69) is 16.7 Å². The Labute approximate surface area is 161 Å². The van der Waals surface area contributed by atoms with E-state index in [0.29, 0.717) is 32.1 Å². The van der Waals surface area contributed by atoms with Crippen LogP contribution in [0.25, 0.3) is 0 Å². The monoisotopic (exact) mass is 396 g/mol. The largest absolute Gasteiger partial charge is 0.481 e. The van der Waals surface area contributed by atoms with Crippen molar-refractivity contribution >= 4 is 10.0 Å². The molecular formula is C19H28N2O5S. The summed E-state index contributed by atoms with van der Waals surface area (Å²) in [4.78, 5) is 2.35. The molecule has 0 bridgehead atoms. The number of morpholine rings is 1. The van der Waals surface area contributed by atoms with Gasteiger partial charge in [0.15, 0.2) is 0 Å². The van der Waals surface area contributed by atoms with E-state index in [0.717, 1.165) is 13.1 Å². The van der Waals surface area contributed by atoms with Crippen LogP contribution in [0.3, 0.4) is 0 Å². The molecule has 0 unspecified atom stereocenters. The van der Waals surface area contributed by atoms with Gasteiger partial charge in [0.25, 0.3) is 0 Å². The van der Waals surface area contributed by atoms with Crippen molar-refractivity contribution in [1.82, 2.24) is 9.21 Å². The van der Waals surface area contributed by atoms with Crippen LogP contribution in [0, 0.1) is 11.8 Å². The van der Waals surface area contributed by atoms with Crippen LogP contribution in [-0.2, 0) is 14.8 Å². The van der Waals surface area contributed by atoms with Crippen molar-refractivity contribution < 1.29 is 23.0 Å². The maximum atomic E-state index is 13.1.